The van der Waals surface area contributed by atoms with Crippen LogP contribution in [0, 0.1) is 6.92 Å². The summed E-state index contributed by atoms with van der Waals surface area (Å²) in [5, 5.41) is 45.4. The van der Waals surface area contributed by atoms with Crippen LogP contribution in [-0.4, -0.2) is 116 Å². The van der Waals surface area contributed by atoms with Crippen LogP contribution in [0.4, 0.5) is 29.4 Å². The Labute approximate surface area is 338 Å². The van der Waals surface area contributed by atoms with E-state index in [9.17, 15) is 0 Å². The van der Waals surface area contributed by atoms with Crippen LogP contribution in [0.3, 0.4) is 0 Å². The third-order valence-electron chi connectivity index (χ3n) is 6.76. The van der Waals surface area contributed by atoms with E-state index in [0.717, 1.165) is 42.7 Å². The van der Waals surface area contributed by atoms with Crippen molar-refractivity contribution in [1.82, 2.24) is 80.7 Å². The second kappa shape index (κ2) is 17.6. The number of fused-ring (bicyclic) bond motifs is 4. The summed E-state index contributed by atoms with van der Waals surface area (Å²) in [5.41, 5.74) is 3.25. The van der Waals surface area contributed by atoms with Gasteiger partial charge in [0.25, 0.3) is 0 Å². The zero-order chi connectivity index (χ0) is 38.4. The zero-order valence-corrected chi connectivity index (χ0v) is 35.2. The fourth-order valence-electron chi connectivity index (χ4n) is 4.41. The summed E-state index contributed by atoms with van der Waals surface area (Å²) in [6, 6.07) is 0. The van der Waals surface area contributed by atoms with Gasteiger partial charge in [-0.25, -0.2) is 4.98 Å². The van der Waals surface area contributed by atoms with Gasteiger partial charge in [-0.05, 0) is 77.9 Å². The van der Waals surface area contributed by atoms with Crippen LogP contribution >= 0.6 is 82.6 Å². The molecule has 0 aliphatic rings. The fourth-order valence-corrected chi connectivity index (χ4v) is 6.52. The molecule has 53 heavy (non-hydrogen) atoms. The van der Waals surface area contributed by atoms with Gasteiger partial charge in [0.05, 0.1) is 21.5 Å². The van der Waals surface area contributed by atoms with Crippen molar-refractivity contribution in [1.29, 1.82) is 0 Å². The van der Waals surface area contributed by atoms with Crippen LogP contribution < -0.4 is 26.6 Å². The molecule has 8 aromatic rings. The van der Waals surface area contributed by atoms with E-state index in [2.05, 4.69) is 155 Å². The molecule has 0 spiro atoms. The molecule has 0 amide bonds. The highest BCUT2D eigenvalue weighted by molar-refractivity contribution is 9.11. The molecule has 8 rings (SSSR count). The van der Waals surface area contributed by atoms with Gasteiger partial charge in [0.2, 0.25) is 22.5 Å². The molecule has 0 unspecified atom stereocenters. The van der Waals surface area contributed by atoms with Crippen LogP contribution in [0.1, 0.15) is 5.69 Å². The third kappa shape index (κ3) is 8.84. The first-order valence-corrected chi connectivity index (χ1v) is 18.3. The van der Waals surface area contributed by atoms with Gasteiger partial charge in [-0.3, -0.25) is 20.4 Å². The second-order valence-electron chi connectivity index (χ2n) is 9.92. The van der Waals surface area contributed by atoms with Gasteiger partial charge in [0, 0.05) is 40.9 Å². The van der Waals surface area contributed by atoms with Gasteiger partial charge >= 0.3 is 0 Å². The minimum Gasteiger partial charge on any atom is -0.372 e. The molecule has 0 aromatic carbocycles. The molecule has 0 bridgehead atoms. The Balaban J connectivity index is 0.000000136. The summed E-state index contributed by atoms with van der Waals surface area (Å²) >= 11 is 26.9. The predicted octanol–water partition coefficient (Wildman–Crippen LogP) is 6.18. The van der Waals surface area contributed by atoms with Gasteiger partial charge in [-0.1, -0.05) is 11.6 Å². The van der Waals surface area contributed by atoms with E-state index in [4.69, 9.17) is 34.8 Å². The average molecular weight is 980 g/mol. The van der Waals surface area contributed by atoms with Crippen molar-refractivity contribution < 1.29 is 0 Å². The van der Waals surface area contributed by atoms with Gasteiger partial charge in [-0.15, -0.1) is 0 Å². The predicted molar refractivity (Wildman–Crippen MR) is 217 cm³/mol. The summed E-state index contributed by atoms with van der Waals surface area (Å²) in [4.78, 5) is 32.5. The van der Waals surface area contributed by atoms with E-state index in [1.807, 2.05) is 14.0 Å². The highest BCUT2D eigenvalue weighted by atomic mass is 79.9. The highest BCUT2D eigenvalue weighted by Crippen LogP contribution is 2.29. The lowest BCUT2D eigenvalue weighted by molar-refractivity contribution is 1.05. The SMILES string of the molecule is CNc1nc(Cl)nc2n[nH]c(Br)c12.CNc1nc(NC)c2c(Br)[nH]nc2n1.CNc1nc(NC)c2c(C)[nH]nc2n1.Clc1nc(Cl)c2c(Br)[nH]nc2n1. The lowest BCUT2D eigenvalue weighted by Gasteiger charge is -2.03. The lowest BCUT2D eigenvalue weighted by Crippen LogP contribution is -2.01. The van der Waals surface area contributed by atoms with E-state index in [0.29, 0.717) is 50.3 Å². The molecule has 9 N–H and O–H groups in total. The monoisotopic (exact) mass is 975 g/mol. The molecule has 8 heterocycles. The van der Waals surface area contributed by atoms with Gasteiger partial charge in [-0.2, -0.15) is 55.3 Å². The van der Waals surface area contributed by atoms with Crippen molar-refractivity contribution in [3.63, 3.8) is 0 Å². The van der Waals surface area contributed by atoms with Gasteiger partial charge in [0.15, 0.2) is 22.6 Å². The Morgan fingerprint density at radius 3 is 1.30 bits per heavy atom. The average Bonchev–Trinajstić information content (AvgIpc) is 3.93. The summed E-state index contributed by atoms with van der Waals surface area (Å²) in [7, 11) is 8.94. The van der Waals surface area contributed by atoms with Crippen molar-refractivity contribution in [2.45, 2.75) is 6.92 Å². The number of halogens is 6. The van der Waals surface area contributed by atoms with Crippen molar-refractivity contribution >= 4 is 156 Å². The topological polar surface area (TPSA) is 278 Å². The maximum Gasteiger partial charge on any atom is 0.226 e. The number of nitrogens with zero attached hydrogens (tertiary/aromatic N) is 12. The molecule has 27 heteroatoms. The van der Waals surface area contributed by atoms with Crippen molar-refractivity contribution in [3.05, 3.63) is 35.2 Å². The summed E-state index contributed by atoms with van der Waals surface area (Å²) in [6.45, 7) is 1.94. The first-order valence-electron chi connectivity index (χ1n) is 14.8. The Bertz CT molecular complexity index is 2430. The Morgan fingerprint density at radius 1 is 0.434 bits per heavy atom. The molecular formula is C26H27Br3Cl3N21. The zero-order valence-electron chi connectivity index (χ0n) is 28.1. The maximum absolute atomic E-state index is 5.78. The Kier molecular flexibility index (Phi) is 13.2. The summed E-state index contributed by atoms with van der Waals surface area (Å²) < 4.78 is 2.17. The van der Waals surface area contributed by atoms with E-state index in [1.165, 1.54) is 0 Å². The number of hydrogen-bond donors (Lipinski definition) is 9. The van der Waals surface area contributed by atoms with Crippen molar-refractivity contribution in [2.24, 2.45) is 0 Å². The molecule has 0 aliphatic heterocycles. The molecule has 0 atom stereocenters. The fraction of sp³-hybridized carbons (Fsp3) is 0.231. The number of hydrogen-bond acceptors (Lipinski definition) is 17. The van der Waals surface area contributed by atoms with E-state index in [1.54, 1.807) is 28.2 Å². The normalized spacial score (nSPS) is 10.6. The van der Waals surface area contributed by atoms with Gasteiger partial charge in [0.1, 0.15) is 36.4 Å². The minimum atomic E-state index is 0.0894. The van der Waals surface area contributed by atoms with E-state index >= 15 is 0 Å². The second-order valence-corrected chi connectivity index (χ2v) is 13.3. The highest BCUT2D eigenvalue weighted by Gasteiger charge is 2.14. The van der Waals surface area contributed by atoms with E-state index < -0.39 is 0 Å². The largest absolute Gasteiger partial charge is 0.372 e. The Morgan fingerprint density at radius 2 is 0.811 bits per heavy atom. The lowest BCUT2D eigenvalue weighted by atomic mass is 10.3. The standard InChI is InChI=1S/C8H12N6.C7H9BrN6.C6H5BrClN5.C5HBrCl2N4/c1-4-5-6(9-2)11-8(10-3)12-7(5)14-13-4;1-9-5-3-4(8)13-14-6(3)12-7(10-2)11-5;1-9-4-2-3(7)12-13-5(2)11-6(8)10-4;6-2-1-3(7)9-5(8)10-4(1)12-11-2/h1-3H3,(H3,9,10,11,12,13,14);1-2H3,(H3,9,10,11,12,13,14);1H3,(H2,9,10,11,12,13);(H,9,10,11,12). The quantitative estimate of drug-likeness (QED) is 0.0688. The molecule has 0 radical (unpaired) electrons. The van der Waals surface area contributed by atoms with Crippen LogP contribution in [0.5, 0.6) is 0 Å². The number of aromatic nitrogens is 16. The minimum absolute atomic E-state index is 0.0894. The molecule has 0 fully saturated rings. The van der Waals surface area contributed by atoms with Crippen LogP contribution in [0.15, 0.2) is 13.8 Å². The molecule has 0 aliphatic carbocycles. The number of anilines is 5. The van der Waals surface area contributed by atoms with Crippen LogP contribution in [0.25, 0.3) is 44.1 Å². The smallest absolute Gasteiger partial charge is 0.226 e. The van der Waals surface area contributed by atoms with Crippen LogP contribution in [0.2, 0.25) is 15.7 Å². The summed E-state index contributed by atoms with van der Waals surface area (Å²) in [6.07, 6.45) is 0. The molecule has 8 aromatic heterocycles. The van der Waals surface area contributed by atoms with Crippen molar-refractivity contribution in [2.75, 3.05) is 61.8 Å². The van der Waals surface area contributed by atoms with Crippen molar-refractivity contribution in [3.8, 4) is 0 Å². The molecule has 21 nitrogen and oxygen atoms in total. The molecular weight excluding hydrogens is 953 g/mol. The molecule has 0 saturated heterocycles. The number of H-pyrrole nitrogens is 4. The van der Waals surface area contributed by atoms with Crippen LogP contribution in [-0.2, 0) is 0 Å². The third-order valence-corrected chi connectivity index (χ3v) is 9.09. The maximum atomic E-state index is 5.78. The number of aryl methyl sites for hydroxylation is 1. The number of aromatic amines is 4. The molecule has 278 valence electrons. The Hall–Kier alpha value is -4.49. The first kappa shape index (κ1) is 39.7. The number of nitrogens with one attached hydrogen (secondary N) is 9. The first-order chi connectivity index (χ1) is 25.4. The molecule has 0 saturated carbocycles. The number of rotatable bonds is 5. The summed E-state index contributed by atoms with van der Waals surface area (Å²) in [5.74, 6) is 3.27. The van der Waals surface area contributed by atoms with Gasteiger partial charge < -0.3 is 26.6 Å². The van der Waals surface area contributed by atoms with E-state index in [-0.39, 0.29) is 15.7 Å².